The summed E-state index contributed by atoms with van der Waals surface area (Å²) in [5.74, 6) is 0.618. The summed E-state index contributed by atoms with van der Waals surface area (Å²) in [6.45, 7) is 1.50. The van der Waals surface area contributed by atoms with Crippen LogP contribution >= 0.6 is 0 Å². The third kappa shape index (κ3) is 3.47. The summed E-state index contributed by atoms with van der Waals surface area (Å²) in [6, 6.07) is 11.0. The van der Waals surface area contributed by atoms with Gasteiger partial charge < -0.3 is 14.4 Å². The molecule has 0 saturated carbocycles. The van der Waals surface area contributed by atoms with E-state index >= 15 is 0 Å². The molecule has 3 rings (SSSR count). The number of hydrogen-bond donors (Lipinski definition) is 0. The van der Waals surface area contributed by atoms with Crippen LogP contribution < -0.4 is 14.4 Å². The van der Waals surface area contributed by atoms with Crippen LogP contribution in [0.25, 0.3) is 0 Å². The van der Waals surface area contributed by atoms with Gasteiger partial charge in [-0.25, -0.2) is 12.8 Å². The van der Waals surface area contributed by atoms with Gasteiger partial charge >= 0.3 is 0 Å². The lowest BCUT2D eigenvalue weighted by Gasteiger charge is -2.36. The zero-order valence-electron chi connectivity index (χ0n) is 14.7. The molecule has 2 aromatic carbocycles. The fourth-order valence-electron chi connectivity index (χ4n) is 3.01. The first kappa shape index (κ1) is 18.5. The van der Waals surface area contributed by atoms with Gasteiger partial charge in [0.2, 0.25) is 10.0 Å². The number of anilines is 1. The molecule has 0 spiro atoms. The number of nitrogens with zero attached hydrogens (tertiary/aromatic N) is 2. The minimum absolute atomic E-state index is 0.270. The van der Waals surface area contributed by atoms with Crippen LogP contribution in [0.2, 0.25) is 0 Å². The maximum Gasteiger partial charge on any atom is 0.246 e. The Morgan fingerprint density at radius 1 is 0.962 bits per heavy atom. The normalized spacial score (nSPS) is 15.7. The van der Waals surface area contributed by atoms with E-state index < -0.39 is 15.8 Å². The first-order valence-corrected chi connectivity index (χ1v) is 9.63. The van der Waals surface area contributed by atoms with E-state index in [9.17, 15) is 12.8 Å². The Balaban J connectivity index is 1.77. The average molecular weight is 380 g/mol. The summed E-state index contributed by atoms with van der Waals surface area (Å²) >= 11 is 0. The summed E-state index contributed by atoms with van der Waals surface area (Å²) in [6.07, 6.45) is 0. The molecule has 140 valence electrons. The molecular weight excluding hydrogens is 359 g/mol. The van der Waals surface area contributed by atoms with E-state index in [1.54, 1.807) is 20.3 Å². The lowest BCUT2D eigenvalue weighted by Crippen LogP contribution is -2.48. The van der Waals surface area contributed by atoms with E-state index in [-0.39, 0.29) is 18.0 Å². The Bertz CT molecular complexity index is 881. The fourth-order valence-corrected chi connectivity index (χ4v) is 4.50. The minimum atomic E-state index is -3.84. The van der Waals surface area contributed by atoms with Crippen molar-refractivity contribution in [3.05, 3.63) is 48.3 Å². The highest BCUT2D eigenvalue weighted by Gasteiger charge is 2.31. The van der Waals surface area contributed by atoms with E-state index in [0.717, 1.165) is 11.8 Å². The molecule has 0 atom stereocenters. The molecular formula is C18H21FN2O4S. The summed E-state index contributed by atoms with van der Waals surface area (Å²) in [7, 11) is -0.680. The van der Waals surface area contributed by atoms with Crippen LogP contribution in [0.3, 0.4) is 0 Å². The number of hydrogen-bond acceptors (Lipinski definition) is 5. The highest BCUT2D eigenvalue weighted by molar-refractivity contribution is 7.89. The number of sulfonamides is 1. The van der Waals surface area contributed by atoms with Gasteiger partial charge in [-0.15, -0.1) is 0 Å². The van der Waals surface area contributed by atoms with Crippen LogP contribution in [0, 0.1) is 5.82 Å². The molecule has 1 aliphatic rings. The SMILES string of the molecule is COc1ccc(N2CCN(S(=O)(=O)c3ccccc3F)CC2)c(OC)c1. The molecule has 2 aromatic rings. The summed E-state index contributed by atoms with van der Waals surface area (Å²) < 4.78 is 51.2. The Morgan fingerprint density at radius 2 is 1.65 bits per heavy atom. The monoisotopic (exact) mass is 380 g/mol. The van der Waals surface area contributed by atoms with Crippen molar-refractivity contribution in [3.8, 4) is 11.5 Å². The number of ether oxygens (including phenoxy) is 2. The van der Waals surface area contributed by atoms with Gasteiger partial charge in [0, 0.05) is 32.2 Å². The molecule has 0 N–H and O–H groups in total. The smallest absolute Gasteiger partial charge is 0.246 e. The molecule has 0 aromatic heterocycles. The number of methoxy groups -OCH3 is 2. The topological polar surface area (TPSA) is 59.1 Å². The average Bonchev–Trinajstić information content (AvgIpc) is 2.67. The van der Waals surface area contributed by atoms with E-state index in [1.807, 2.05) is 17.0 Å². The third-order valence-electron chi connectivity index (χ3n) is 4.42. The van der Waals surface area contributed by atoms with E-state index in [1.165, 1.54) is 22.5 Å². The summed E-state index contributed by atoms with van der Waals surface area (Å²) in [5, 5.41) is 0. The molecule has 0 radical (unpaired) electrons. The number of rotatable bonds is 5. The molecule has 1 heterocycles. The first-order valence-electron chi connectivity index (χ1n) is 8.19. The standard InChI is InChI=1S/C18H21FN2O4S/c1-24-14-7-8-16(17(13-14)25-2)20-9-11-21(12-10-20)26(22,23)18-6-4-3-5-15(18)19/h3-8,13H,9-12H2,1-2H3. The Labute approximate surface area is 152 Å². The molecule has 0 amide bonds. The fraction of sp³-hybridized carbons (Fsp3) is 0.333. The van der Waals surface area contributed by atoms with Gasteiger partial charge in [0.25, 0.3) is 0 Å². The van der Waals surface area contributed by atoms with Gasteiger partial charge in [-0.3, -0.25) is 0 Å². The lowest BCUT2D eigenvalue weighted by atomic mass is 10.2. The quantitative estimate of drug-likeness (QED) is 0.797. The Kier molecular flexibility index (Phi) is 5.33. The zero-order chi connectivity index (χ0) is 18.7. The molecule has 0 unspecified atom stereocenters. The van der Waals surface area contributed by atoms with Gasteiger partial charge in [-0.1, -0.05) is 12.1 Å². The summed E-state index contributed by atoms with van der Waals surface area (Å²) in [5.41, 5.74) is 0.872. The van der Waals surface area contributed by atoms with E-state index in [4.69, 9.17) is 9.47 Å². The van der Waals surface area contributed by atoms with Crippen molar-refractivity contribution in [2.24, 2.45) is 0 Å². The summed E-state index contributed by atoms with van der Waals surface area (Å²) in [4.78, 5) is 1.77. The van der Waals surface area contributed by atoms with Gasteiger partial charge in [-0.2, -0.15) is 4.31 Å². The molecule has 26 heavy (non-hydrogen) atoms. The van der Waals surface area contributed by atoms with Crippen molar-refractivity contribution in [1.29, 1.82) is 0 Å². The number of piperazine rings is 1. The van der Waals surface area contributed by atoms with Crippen molar-refractivity contribution in [1.82, 2.24) is 4.31 Å². The van der Waals surface area contributed by atoms with E-state index in [0.29, 0.717) is 24.6 Å². The van der Waals surface area contributed by atoms with Crippen molar-refractivity contribution < 1.29 is 22.3 Å². The molecule has 1 aliphatic heterocycles. The van der Waals surface area contributed by atoms with Gasteiger partial charge in [0.15, 0.2) is 0 Å². The van der Waals surface area contributed by atoms with Gasteiger partial charge in [0.05, 0.1) is 19.9 Å². The van der Waals surface area contributed by atoms with Crippen molar-refractivity contribution in [3.63, 3.8) is 0 Å². The molecule has 0 aliphatic carbocycles. The number of halogens is 1. The van der Waals surface area contributed by atoms with Crippen LogP contribution in [-0.4, -0.2) is 53.1 Å². The van der Waals surface area contributed by atoms with Crippen molar-refractivity contribution >= 4 is 15.7 Å². The maximum atomic E-state index is 13.9. The second kappa shape index (κ2) is 7.51. The molecule has 6 nitrogen and oxygen atoms in total. The molecule has 1 saturated heterocycles. The minimum Gasteiger partial charge on any atom is -0.497 e. The molecule has 8 heteroatoms. The predicted octanol–water partition coefficient (Wildman–Crippen LogP) is 2.35. The largest absolute Gasteiger partial charge is 0.497 e. The Hall–Kier alpha value is -2.32. The van der Waals surface area contributed by atoms with Gasteiger partial charge in [0.1, 0.15) is 22.2 Å². The van der Waals surface area contributed by atoms with Crippen LogP contribution in [-0.2, 0) is 10.0 Å². The van der Waals surface area contributed by atoms with Gasteiger partial charge in [-0.05, 0) is 24.3 Å². The van der Waals surface area contributed by atoms with Crippen molar-refractivity contribution in [2.45, 2.75) is 4.90 Å². The maximum absolute atomic E-state index is 13.9. The number of benzene rings is 2. The van der Waals surface area contributed by atoms with Crippen molar-refractivity contribution in [2.75, 3.05) is 45.3 Å². The highest BCUT2D eigenvalue weighted by Crippen LogP contribution is 2.33. The molecule has 1 fully saturated rings. The van der Waals surface area contributed by atoms with Crippen LogP contribution in [0.1, 0.15) is 0 Å². The third-order valence-corrected chi connectivity index (χ3v) is 6.35. The lowest BCUT2D eigenvalue weighted by molar-refractivity contribution is 0.374. The second-order valence-corrected chi connectivity index (χ2v) is 7.77. The first-order chi connectivity index (χ1) is 12.5. The van der Waals surface area contributed by atoms with E-state index in [2.05, 4.69) is 0 Å². The second-order valence-electron chi connectivity index (χ2n) is 5.86. The zero-order valence-corrected chi connectivity index (χ0v) is 15.5. The highest BCUT2D eigenvalue weighted by atomic mass is 32.2. The van der Waals surface area contributed by atoms with Crippen LogP contribution in [0.5, 0.6) is 11.5 Å². The predicted molar refractivity (Wildman–Crippen MR) is 96.9 cm³/mol. The van der Waals surface area contributed by atoms with Crippen LogP contribution in [0.15, 0.2) is 47.4 Å². The Morgan fingerprint density at radius 3 is 2.27 bits per heavy atom. The van der Waals surface area contributed by atoms with Crippen LogP contribution in [0.4, 0.5) is 10.1 Å². The molecule has 0 bridgehead atoms.